The Hall–Kier alpha value is -3.38. The lowest BCUT2D eigenvalue weighted by molar-refractivity contribution is 0.101. The first-order chi connectivity index (χ1) is 13.8. The zero-order valence-corrected chi connectivity index (χ0v) is 16.1. The lowest BCUT2D eigenvalue weighted by Gasteiger charge is -2.12. The molecule has 2 aromatic carbocycles. The highest BCUT2D eigenvalue weighted by Gasteiger charge is 2.19. The molecule has 0 spiro atoms. The van der Waals surface area contributed by atoms with Crippen LogP contribution in [-0.4, -0.2) is 22.3 Å². The highest BCUT2D eigenvalue weighted by Crippen LogP contribution is 2.28. The molecule has 4 aromatic rings. The monoisotopic (exact) mass is 389 g/mol. The zero-order chi connectivity index (χ0) is 19.3. The molecule has 5 nitrogen and oxygen atoms in total. The summed E-state index contributed by atoms with van der Waals surface area (Å²) >= 11 is 1.59. The van der Waals surface area contributed by atoms with E-state index in [1.165, 1.54) is 0 Å². The maximum Gasteiger partial charge on any atom is 0.274 e. The van der Waals surface area contributed by atoms with Gasteiger partial charge in [-0.25, -0.2) is 4.68 Å². The van der Waals surface area contributed by atoms with E-state index in [1.54, 1.807) is 16.0 Å². The number of carbonyl (C=O) groups is 1. The Morgan fingerprint density at radius 1 is 1.07 bits per heavy atom. The minimum atomic E-state index is -0.244. The van der Waals surface area contributed by atoms with Crippen LogP contribution in [0.3, 0.4) is 0 Å². The zero-order valence-electron chi connectivity index (χ0n) is 15.3. The van der Waals surface area contributed by atoms with Gasteiger partial charge in [-0.15, -0.1) is 11.3 Å². The molecule has 0 aliphatic rings. The highest BCUT2D eigenvalue weighted by molar-refractivity contribution is 7.13. The normalized spacial score (nSPS) is 10.6. The maximum atomic E-state index is 13.1. The van der Waals surface area contributed by atoms with Crippen molar-refractivity contribution in [2.75, 3.05) is 11.9 Å². The second-order valence-electron chi connectivity index (χ2n) is 6.02. The first-order valence-electron chi connectivity index (χ1n) is 8.99. The summed E-state index contributed by atoms with van der Waals surface area (Å²) in [6, 6.07) is 22.8. The summed E-state index contributed by atoms with van der Waals surface area (Å²) < 4.78 is 7.29. The van der Waals surface area contributed by atoms with E-state index < -0.39 is 0 Å². The molecule has 6 heteroatoms. The number of hydrogen-bond acceptors (Lipinski definition) is 4. The van der Waals surface area contributed by atoms with Crippen molar-refractivity contribution < 1.29 is 9.53 Å². The van der Waals surface area contributed by atoms with Gasteiger partial charge in [-0.1, -0.05) is 36.4 Å². The Kier molecular flexibility index (Phi) is 5.21. The van der Waals surface area contributed by atoms with Crippen LogP contribution < -0.4 is 10.1 Å². The molecular weight excluding hydrogens is 370 g/mol. The number of nitrogens with one attached hydrogen (secondary N) is 1. The van der Waals surface area contributed by atoms with Gasteiger partial charge in [-0.05, 0) is 48.7 Å². The average molecular weight is 389 g/mol. The maximum absolute atomic E-state index is 13.1. The van der Waals surface area contributed by atoms with Gasteiger partial charge in [0, 0.05) is 0 Å². The minimum absolute atomic E-state index is 0.244. The number of benzene rings is 2. The fourth-order valence-electron chi connectivity index (χ4n) is 2.89. The third-order valence-corrected chi connectivity index (χ3v) is 5.04. The van der Waals surface area contributed by atoms with Gasteiger partial charge in [0.1, 0.15) is 17.1 Å². The van der Waals surface area contributed by atoms with Crippen molar-refractivity contribution in [1.82, 2.24) is 9.78 Å². The second kappa shape index (κ2) is 8.10. The number of thiophene rings is 1. The molecule has 140 valence electrons. The number of anilines is 1. The van der Waals surface area contributed by atoms with Crippen LogP contribution in [0.25, 0.3) is 16.3 Å². The van der Waals surface area contributed by atoms with E-state index in [1.807, 2.05) is 85.1 Å². The number of carbonyl (C=O) groups excluding carboxylic acids is 1. The molecular formula is C22H19N3O2S. The van der Waals surface area contributed by atoms with Crippen LogP contribution in [0.15, 0.2) is 78.2 Å². The largest absolute Gasteiger partial charge is 0.492 e. The molecule has 0 unspecified atom stereocenters. The van der Waals surface area contributed by atoms with Crippen LogP contribution in [0.1, 0.15) is 17.4 Å². The summed E-state index contributed by atoms with van der Waals surface area (Å²) in [7, 11) is 0. The van der Waals surface area contributed by atoms with Crippen molar-refractivity contribution in [3.05, 3.63) is 83.9 Å². The third kappa shape index (κ3) is 3.68. The lowest BCUT2D eigenvalue weighted by Crippen LogP contribution is -2.17. The van der Waals surface area contributed by atoms with Crippen LogP contribution in [-0.2, 0) is 0 Å². The van der Waals surface area contributed by atoms with Gasteiger partial charge in [0.15, 0.2) is 0 Å². The van der Waals surface area contributed by atoms with Gasteiger partial charge in [0.25, 0.3) is 5.91 Å². The summed E-state index contributed by atoms with van der Waals surface area (Å²) in [5.41, 5.74) is 2.68. The van der Waals surface area contributed by atoms with Crippen LogP contribution in [0.5, 0.6) is 5.75 Å². The summed E-state index contributed by atoms with van der Waals surface area (Å²) in [6.45, 7) is 2.44. The molecule has 0 fully saturated rings. The number of nitrogens with zero attached hydrogens (tertiary/aromatic N) is 2. The summed E-state index contributed by atoms with van der Waals surface area (Å²) in [5, 5.41) is 9.63. The Morgan fingerprint density at radius 3 is 2.61 bits per heavy atom. The number of hydrogen-bond donors (Lipinski definition) is 1. The topological polar surface area (TPSA) is 56.1 Å². The van der Waals surface area contributed by atoms with E-state index in [0.717, 1.165) is 16.3 Å². The molecule has 1 N–H and O–H groups in total. The highest BCUT2D eigenvalue weighted by atomic mass is 32.1. The molecule has 4 rings (SSSR count). The van der Waals surface area contributed by atoms with Crippen LogP contribution in [0, 0.1) is 0 Å². The number of para-hydroxylation sites is 3. The first kappa shape index (κ1) is 18.0. The van der Waals surface area contributed by atoms with Gasteiger partial charge in [-0.3, -0.25) is 4.79 Å². The molecule has 0 bridgehead atoms. The fourth-order valence-corrected chi connectivity index (χ4v) is 3.57. The Morgan fingerprint density at radius 2 is 1.86 bits per heavy atom. The molecule has 0 radical (unpaired) electrons. The number of aromatic nitrogens is 2. The Bertz CT molecular complexity index is 1070. The van der Waals surface area contributed by atoms with Crippen molar-refractivity contribution in [2.45, 2.75) is 6.92 Å². The van der Waals surface area contributed by atoms with E-state index in [2.05, 4.69) is 10.4 Å². The standard InChI is InChI=1S/C22H19N3O2S/c1-2-27-20-12-7-6-11-17(20)23-22(26)19-15-18(21-13-8-14-28-21)24-25(19)16-9-4-3-5-10-16/h3-15H,2H2,1H3,(H,23,26). The number of amides is 1. The molecule has 2 heterocycles. The first-order valence-corrected chi connectivity index (χ1v) is 9.87. The van der Waals surface area contributed by atoms with E-state index in [0.29, 0.717) is 23.7 Å². The molecule has 0 aliphatic carbocycles. The number of ether oxygens (including phenoxy) is 1. The van der Waals surface area contributed by atoms with Crippen molar-refractivity contribution in [2.24, 2.45) is 0 Å². The number of rotatable bonds is 6. The van der Waals surface area contributed by atoms with Gasteiger partial charge < -0.3 is 10.1 Å². The van der Waals surface area contributed by atoms with E-state index >= 15 is 0 Å². The molecule has 1 amide bonds. The average Bonchev–Trinajstić information content (AvgIpc) is 3.40. The van der Waals surface area contributed by atoms with Crippen LogP contribution >= 0.6 is 11.3 Å². The molecule has 0 saturated heterocycles. The van der Waals surface area contributed by atoms with Crippen molar-refractivity contribution in [3.63, 3.8) is 0 Å². The SMILES string of the molecule is CCOc1ccccc1NC(=O)c1cc(-c2cccs2)nn1-c1ccccc1. The Labute approximate surface area is 167 Å². The molecule has 2 aromatic heterocycles. The van der Waals surface area contributed by atoms with Gasteiger partial charge in [0.2, 0.25) is 0 Å². The van der Waals surface area contributed by atoms with Crippen LogP contribution in [0.4, 0.5) is 5.69 Å². The van der Waals surface area contributed by atoms with Crippen molar-refractivity contribution in [3.8, 4) is 22.0 Å². The summed E-state index contributed by atoms with van der Waals surface area (Å²) in [6.07, 6.45) is 0. The smallest absolute Gasteiger partial charge is 0.274 e. The fraction of sp³-hybridized carbons (Fsp3) is 0.0909. The van der Waals surface area contributed by atoms with Crippen molar-refractivity contribution >= 4 is 22.9 Å². The van der Waals surface area contributed by atoms with E-state index in [4.69, 9.17) is 4.74 Å². The lowest BCUT2D eigenvalue weighted by atomic mass is 10.2. The van der Waals surface area contributed by atoms with Crippen molar-refractivity contribution in [1.29, 1.82) is 0 Å². The summed E-state index contributed by atoms with van der Waals surface area (Å²) in [4.78, 5) is 14.1. The van der Waals surface area contributed by atoms with Gasteiger partial charge in [-0.2, -0.15) is 5.10 Å². The quantitative estimate of drug-likeness (QED) is 0.490. The van der Waals surface area contributed by atoms with E-state index in [9.17, 15) is 4.79 Å². The molecule has 28 heavy (non-hydrogen) atoms. The molecule has 0 saturated carbocycles. The van der Waals surface area contributed by atoms with E-state index in [-0.39, 0.29) is 5.91 Å². The third-order valence-electron chi connectivity index (χ3n) is 4.15. The Balaban J connectivity index is 1.73. The molecule has 0 aliphatic heterocycles. The minimum Gasteiger partial charge on any atom is -0.492 e. The van der Waals surface area contributed by atoms with Gasteiger partial charge in [0.05, 0.1) is 22.9 Å². The summed E-state index contributed by atoms with van der Waals surface area (Å²) in [5.74, 6) is 0.397. The second-order valence-corrected chi connectivity index (χ2v) is 6.97. The van der Waals surface area contributed by atoms with Crippen LogP contribution in [0.2, 0.25) is 0 Å². The molecule has 0 atom stereocenters. The predicted molar refractivity (Wildman–Crippen MR) is 112 cm³/mol. The predicted octanol–water partition coefficient (Wildman–Crippen LogP) is 5.25. The van der Waals surface area contributed by atoms with Gasteiger partial charge >= 0.3 is 0 Å².